The summed E-state index contributed by atoms with van der Waals surface area (Å²) in [6.45, 7) is 6.44. The van der Waals surface area contributed by atoms with Crippen LogP contribution in [-0.2, 0) is 6.54 Å². The van der Waals surface area contributed by atoms with E-state index >= 15 is 0 Å². The minimum atomic E-state index is -0.391. The van der Waals surface area contributed by atoms with Crippen molar-refractivity contribution in [3.05, 3.63) is 39.8 Å². The van der Waals surface area contributed by atoms with Crippen LogP contribution in [0, 0.1) is 26.2 Å². The van der Waals surface area contributed by atoms with Gasteiger partial charge in [0.25, 0.3) is 0 Å². The van der Waals surface area contributed by atoms with Gasteiger partial charge in [-0.1, -0.05) is 24.1 Å². The number of benzene rings is 1. The molecule has 2 rings (SSSR count). The molecule has 0 fully saturated rings. The molecular weight excluding hydrogens is 278 g/mol. The van der Waals surface area contributed by atoms with Crippen LogP contribution in [0.4, 0.5) is 5.95 Å². The van der Waals surface area contributed by atoms with Crippen molar-refractivity contribution in [1.29, 1.82) is 0 Å². The van der Waals surface area contributed by atoms with E-state index in [4.69, 9.17) is 12.3 Å². The third kappa shape index (κ3) is 2.85. The molecule has 114 valence electrons. The van der Waals surface area contributed by atoms with Gasteiger partial charge < -0.3 is 0 Å². The molecule has 1 aromatic carbocycles. The number of hydrogen-bond donors (Lipinski definition) is 1. The average Bonchev–Trinajstić information content (AvgIpc) is 2.47. The van der Waals surface area contributed by atoms with Crippen LogP contribution in [0.2, 0.25) is 0 Å². The number of nitrogens with zero attached hydrogens (tertiary/aromatic N) is 4. The molecule has 6 heteroatoms. The maximum absolute atomic E-state index is 12.3. The predicted octanol–water partition coefficient (Wildman–Crippen LogP) is 1.26. The lowest BCUT2D eigenvalue weighted by atomic mass is 10.0. The highest BCUT2D eigenvalue weighted by Gasteiger charge is 2.16. The molecular formula is C16H19N5O. The number of rotatable bonds is 4. The van der Waals surface area contributed by atoms with E-state index in [1.54, 1.807) is 0 Å². The highest BCUT2D eigenvalue weighted by molar-refractivity contribution is 5.65. The van der Waals surface area contributed by atoms with Crippen molar-refractivity contribution in [1.82, 2.24) is 14.5 Å². The molecule has 0 saturated carbocycles. The first kappa shape index (κ1) is 15.7. The molecule has 2 aromatic rings. The molecule has 2 N–H and O–H groups in total. The van der Waals surface area contributed by atoms with Gasteiger partial charge in [0, 0.05) is 12.1 Å². The molecule has 0 radical (unpaired) electrons. The molecule has 6 nitrogen and oxygen atoms in total. The van der Waals surface area contributed by atoms with Crippen LogP contribution in [0.5, 0.6) is 0 Å². The fraction of sp³-hybridized carbons (Fsp3) is 0.312. The third-order valence-electron chi connectivity index (χ3n) is 3.43. The van der Waals surface area contributed by atoms with Gasteiger partial charge in [-0.05, 0) is 31.9 Å². The highest BCUT2D eigenvalue weighted by atomic mass is 16.1. The minimum Gasteiger partial charge on any atom is -0.276 e. The Morgan fingerprint density at radius 1 is 1.32 bits per heavy atom. The van der Waals surface area contributed by atoms with Gasteiger partial charge in [0.1, 0.15) is 5.82 Å². The Labute approximate surface area is 129 Å². The Bertz CT molecular complexity index is 768. The van der Waals surface area contributed by atoms with Crippen molar-refractivity contribution in [2.75, 3.05) is 11.6 Å². The van der Waals surface area contributed by atoms with E-state index in [0.717, 1.165) is 16.7 Å². The number of aryl methyl sites for hydroxylation is 2. The summed E-state index contributed by atoms with van der Waals surface area (Å²) < 4.78 is 1.53. The Morgan fingerprint density at radius 3 is 2.50 bits per heavy atom. The number of terminal acetylenes is 1. The zero-order valence-corrected chi connectivity index (χ0v) is 13.0. The average molecular weight is 297 g/mol. The summed E-state index contributed by atoms with van der Waals surface area (Å²) in [5.74, 6) is 8.90. The van der Waals surface area contributed by atoms with Crippen LogP contribution in [0.25, 0.3) is 11.4 Å². The van der Waals surface area contributed by atoms with Crippen LogP contribution >= 0.6 is 0 Å². The number of aromatic nitrogens is 3. The number of nitrogens with two attached hydrogens (primary N) is 1. The Morgan fingerprint density at radius 2 is 1.95 bits per heavy atom. The first-order chi connectivity index (χ1) is 10.5. The summed E-state index contributed by atoms with van der Waals surface area (Å²) in [4.78, 5) is 20.7. The van der Waals surface area contributed by atoms with E-state index in [1.807, 2.05) is 39.0 Å². The summed E-state index contributed by atoms with van der Waals surface area (Å²) in [6.07, 6.45) is 5.25. The van der Waals surface area contributed by atoms with Gasteiger partial charge in [-0.25, -0.2) is 10.6 Å². The van der Waals surface area contributed by atoms with Crippen LogP contribution in [-0.4, -0.2) is 21.1 Å². The molecule has 0 aliphatic rings. The fourth-order valence-electron chi connectivity index (χ4n) is 2.36. The third-order valence-corrected chi connectivity index (χ3v) is 3.43. The van der Waals surface area contributed by atoms with Gasteiger partial charge in [-0.2, -0.15) is 9.97 Å². The van der Waals surface area contributed by atoms with E-state index in [-0.39, 0.29) is 12.5 Å². The molecule has 0 aliphatic heterocycles. The molecule has 1 heterocycles. The maximum Gasteiger partial charge on any atom is 0.352 e. The zero-order valence-electron chi connectivity index (χ0n) is 13.0. The first-order valence-electron chi connectivity index (χ1n) is 7.00. The van der Waals surface area contributed by atoms with Gasteiger partial charge in [-0.3, -0.25) is 9.58 Å². The van der Waals surface area contributed by atoms with E-state index in [9.17, 15) is 4.79 Å². The molecule has 0 saturated heterocycles. The van der Waals surface area contributed by atoms with Crippen molar-refractivity contribution >= 4 is 5.95 Å². The van der Waals surface area contributed by atoms with E-state index in [1.165, 1.54) is 9.58 Å². The Kier molecular flexibility index (Phi) is 4.59. The second kappa shape index (κ2) is 6.41. The Balaban J connectivity index is 2.74. The van der Waals surface area contributed by atoms with Crippen LogP contribution < -0.4 is 16.5 Å². The van der Waals surface area contributed by atoms with Crippen LogP contribution in [0.15, 0.2) is 23.0 Å². The number of anilines is 1. The number of hydrogen-bond acceptors (Lipinski definition) is 5. The lowest BCUT2D eigenvalue weighted by molar-refractivity contribution is 0.676. The standard InChI is InChI=1S/C16H19N5O/c1-5-10-21(17)15-18-14(20(6-2)16(22)19-15)13-11(3)8-7-9-12(13)4/h1,7-9H,6,10,17H2,2-4H3. The minimum absolute atomic E-state index is 0.127. The van der Waals surface area contributed by atoms with Crippen molar-refractivity contribution in [3.63, 3.8) is 0 Å². The lowest BCUT2D eigenvalue weighted by Gasteiger charge is -2.18. The predicted molar refractivity (Wildman–Crippen MR) is 87.2 cm³/mol. The second-order valence-corrected chi connectivity index (χ2v) is 4.97. The summed E-state index contributed by atoms with van der Waals surface area (Å²) in [7, 11) is 0. The second-order valence-electron chi connectivity index (χ2n) is 4.97. The maximum atomic E-state index is 12.3. The zero-order chi connectivity index (χ0) is 16.3. The van der Waals surface area contributed by atoms with Gasteiger partial charge in [0.15, 0.2) is 0 Å². The first-order valence-corrected chi connectivity index (χ1v) is 7.00. The molecule has 0 unspecified atom stereocenters. The summed E-state index contributed by atoms with van der Waals surface area (Å²) in [6, 6.07) is 5.94. The lowest BCUT2D eigenvalue weighted by Crippen LogP contribution is -2.37. The smallest absolute Gasteiger partial charge is 0.276 e. The van der Waals surface area contributed by atoms with Gasteiger partial charge in [0.05, 0.1) is 6.54 Å². The van der Waals surface area contributed by atoms with E-state index in [0.29, 0.717) is 12.4 Å². The molecule has 0 aliphatic carbocycles. The molecule has 0 amide bonds. The van der Waals surface area contributed by atoms with E-state index < -0.39 is 5.69 Å². The normalized spacial score (nSPS) is 10.3. The van der Waals surface area contributed by atoms with Crippen molar-refractivity contribution in [3.8, 4) is 23.7 Å². The topological polar surface area (TPSA) is 77.0 Å². The van der Waals surface area contributed by atoms with Crippen LogP contribution in [0.3, 0.4) is 0 Å². The summed E-state index contributed by atoms with van der Waals surface area (Å²) >= 11 is 0. The molecule has 0 spiro atoms. The molecule has 0 atom stereocenters. The van der Waals surface area contributed by atoms with E-state index in [2.05, 4.69) is 15.9 Å². The fourth-order valence-corrected chi connectivity index (χ4v) is 2.36. The van der Waals surface area contributed by atoms with Gasteiger partial charge >= 0.3 is 5.69 Å². The molecule has 1 aromatic heterocycles. The number of hydrazine groups is 1. The highest BCUT2D eigenvalue weighted by Crippen LogP contribution is 2.25. The van der Waals surface area contributed by atoms with Crippen molar-refractivity contribution in [2.24, 2.45) is 5.84 Å². The van der Waals surface area contributed by atoms with Crippen molar-refractivity contribution in [2.45, 2.75) is 27.3 Å². The van der Waals surface area contributed by atoms with Crippen molar-refractivity contribution < 1.29 is 0 Å². The summed E-state index contributed by atoms with van der Waals surface area (Å²) in [5, 5.41) is 1.19. The molecule has 22 heavy (non-hydrogen) atoms. The largest absolute Gasteiger partial charge is 0.352 e. The quantitative estimate of drug-likeness (QED) is 0.522. The molecule has 0 bridgehead atoms. The van der Waals surface area contributed by atoms with Gasteiger partial charge in [0.2, 0.25) is 5.95 Å². The Hall–Kier alpha value is -2.65. The van der Waals surface area contributed by atoms with Gasteiger partial charge in [-0.15, -0.1) is 6.42 Å². The summed E-state index contributed by atoms with van der Waals surface area (Å²) in [5.41, 5.74) is 2.59. The van der Waals surface area contributed by atoms with Crippen LogP contribution in [0.1, 0.15) is 18.1 Å². The SMILES string of the molecule is C#CCN(N)c1nc(-c2c(C)cccc2C)n(CC)c(=O)n1. The monoisotopic (exact) mass is 297 g/mol.